The molecule has 2 heterocycles. The molecular weight excluding hydrogens is 390 g/mol. The molecular formula is C21H29N3O4S. The number of amides is 1. The van der Waals surface area contributed by atoms with Crippen molar-refractivity contribution in [2.24, 2.45) is 5.92 Å². The van der Waals surface area contributed by atoms with Crippen molar-refractivity contribution in [2.75, 3.05) is 13.2 Å². The Bertz CT molecular complexity index is 830. The third-order valence-corrected chi connectivity index (χ3v) is 6.24. The number of carbonyl (C=O) groups is 1. The van der Waals surface area contributed by atoms with Gasteiger partial charge in [-0.15, -0.1) is 0 Å². The molecule has 29 heavy (non-hydrogen) atoms. The van der Waals surface area contributed by atoms with Crippen molar-refractivity contribution in [3.8, 4) is 11.1 Å². The van der Waals surface area contributed by atoms with Gasteiger partial charge in [-0.25, -0.2) is 9.97 Å². The summed E-state index contributed by atoms with van der Waals surface area (Å²) >= 11 is 1.55. The number of hydrogen-bond donors (Lipinski definition) is 1. The standard InChI is InChI=1S/C21H29N3O4S/c1-13(23-14(2)25)11-26-16-5-7-17(8-6-16)28-20-9-19-18(10-22-20)24-21(29-19)27-12-15-3-4-15/h9-10,13,15-17H,3-8,11-12H2,1-2H3,(H,23,25)/t13-,16?,17?/m0/s1. The predicted molar refractivity (Wildman–Crippen MR) is 112 cm³/mol. The van der Waals surface area contributed by atoms with Gasteiger partial charge in [0, 0.05) is 19.0 Å². The highest BCUT2D eigenvalue weighted by atomic mass is 32.1. The minimum atomic E-state index is -0.0229. The number of aromatic nitrogens is 2. The lowest BCUT2D eigenvalue weighted by Gasteiger charge is -2.29. The van der Waals surface area contributed by atoms with Crippen LogP contribution >= 0.6 is 11.3 Å². The van der Waals surface area contributed by atoms with Crippen LogP contribution in [0, 0.1) is 5.92 Å². The zero-order valence-electron chi connectivity index (χ0n) is 17.1. The van der Waals surface area contributed by atoms with Crippen LogP contribution in [0.5, 0.6) is 11.1 Å². The summed E-state index contributed by atoms with van der Waals surface area (Å²) in [6.07, 6.45) is 8.50. The molecule has 0 aromatic carbocycles. The molecule has 0 bridgehead atoms. The molecule has 1 amide bonds. The number of fused-ring (bicyclic) bond motifs is 1. The molecule has 2 aromatic heterocycles. The van der Waals surface area contributed by atoms with Gasteiger partial charge in [0.25, 0.3) is 5.19 Å². The monoisotopic (exact) mass is 419 g/mol. The Hall–Kier alpha value is -1.93. The van der Waals surface area contributed by atoms with E-state index < -0.39 is 0 Å². The summed E-state index contributed by atoms with van der Waals surface area (Å²) in [6, 6.07) is 2.00. The molecule has 0 unspecified atom stereocenters. The van der Waals surface area contributed by atoms with Crippen LogP contribution < -0.4 is 14.8 Å². The molecule has 158 valence electrons. The smallest absolute Gasteiger partial charge is 0.274 e. The maximum Gasteiger partial charge on any atom is 0.274 e. The van der Waals surface area contributed by atoms with Gasteiger partial charge < -0.3 is 19.5 Å². The van der Waals surface area contributed by atoms with Gasteiger partial charge in [0.15, 0.2) is 0 Å². The van der Waals surface area contributed by atoms with Gasteiger partial charge in [0.05, 0.1) is 30.2 Å². The molecule has 2 aliphatic carbocycles. The molecule has 2 saturated carbocycles. The van der Waals surface area contributed by atoms with Gasteiger partial charge in [0.2, 0.25) is 11.8 Å². The van der Waals surface area contributed by atoms with Gasteiger partial charge in [-0.05, 0) is 51.4 Å². The Morgan fingerprint density at radius 2 is 2.00 bits per heavy atom. The van der Waals surface area contributed by atoms with E-state index in [0.29, 0.717) is 18.4 Å². The second kappa shape index (κ2) is 9.26. The average molecular weight is 420 g/mol. The Balaban J connectivity index is 1.23. The van der Waals surface area contributed by atoms with Crippen molar-refractivity contribution >= 4 is 27.5 Å². The molecule has 1 atom stereocenters. The van der Waals surface area contributed by atoms with Crippen molar-refractivity contribution in [3.05, 3.63) is 12.3 Å². The van der Waals surface area contributed by atoms with E-state index in [2.05, 4.69) is 15.3 Å². The Morgan fingerprint density at radius 1 is 1.24 bits per heavy atom. The first-order valence-corrected chi connectivity index (χ1v) is 11.3. The molecule has 2 aliphatic rings. The first-order chi connectivity index (χ1) is 14.0. The van der Waals surface area contributed by atoms with Crippen molar-refractivity contribution in [1.29, 1.82) is 0 Å². The SMILES string of the molecule is CC(=O)N[C@@H](C)COC1CCC(Oc2cc3sc(OCC4CC4)nc3cn2)CC1. The van der Waals surface area contributed by atoms with Gasteiger partial charge >= 0.3 is 0 Å². The Labute approximate surface area is 175 Å². The van der Waals surface area contributed by atoms with E-state index in [9.17, 15) is 4.79 Å². The number of pyridine rings is 1. The molecule has 0 aliphatic heterocycles. The molecule has 8 heteroatoms. The lowest BCUT2D eigenvalue weighted by atomic mass is 9.95. The summed E-state index contributed by atoms with van der Waals surface area (Å²) in [5, 5.41) is 3.57. The van der Waals surface area contributed by atoms with E-state index >= 15 is 0 Å². The molecule has 4 rings (SSSR count). The van der Waals surface area contributed by atoms with E-state index in [1.807, 2.05) is 13.0 Å². The summed E-state index contributed by atoms with van der Waals surface area (Å²) in [5.74, 6) is 1.34. The molecule has 7 nitrogen and oxygen atoms in total. The van der Waals surface area contributed by atoms with Crippen LogP contribution in [0.2, 0.25) is 0 Å². The quantitative estimate of drug-likeness (QED) is 0.667. The summed E-state index contributed by atoms with van der Waals surface area (Å²) in [6.45, 7) is 4.80. The van der Waals surface area contributed by atoms with Crippen molar-refractivity contribution in [3.63, 3.8) is 0 Å². The van der Waals surface area contributed by atoms with Crippen LogP contribution in [0.4, 0.5) is 0 Å². The van der Waals surface area contributed by atoms with E-state index in [0.717, 1.165) is 47.7 Å². The maximum absolute atomic E-state index is 11.1. The highest BCUT2D eigenvalue weighted by Crippen LogP contribution is 2.34. The minimum absolute atomic E-state index is 0.0229. The van der Waals surface area contributed by atoms with Crippen LogP contribution in [0.1, 0.15) is 52.4 Å². The molecule has 2 fully saturated rings. The van der Waals surface area contributed by atoms with E-state index in [1.165, 1.54) is 19.8 Å². The fourth-order valence-electron chi connectivity index (χ4n) is 3.55. The highest BCUT2D eigenvalue weighted by molar-refractivity contribution is 7.20. The number of nitrogens with one attached hydrogen (secondary N) is 1. The fourth-order valence-corrected chi connectivity index (χ4v) is 4.37. The molecule has 2 aromatic rings. The topological polar surface area (TPSA) is 82.6 Å². The average Bonchev–Trinajstić information content (AvgIpc) is 3.43. The third kappa shape index (κ3) is 6.02. The lowest BCUT2D eigenvalue weighted by molar-refractivity contribution is -0.120. The van der Waals surface area contributed by atoms with Crippen LogP contribution in [0.15, 0.2) is 12.3 Å². The summed E-state index contributed by atoms with van der Waals surface area (Å²) < 4.78 is 18.9. The van der Waals surface area contributed by atoms with Crippen LogP contribution in [0.25, 0.3) is 10.2 Å². The number of nitrogens with zero attached hydrogens (tertiary/aromatic N) is 2. The third-order valence-electron chi connectivity index (χ3n) is 5.31. The van der Waals surface area contributed by atoms with Crippen molar-refractivity contribution in [1.82, 2.24) is 15.3 Å². The normalized spacial score (nSPS) is 23.0. The maximum atomic E-state index is 11.1. The summed E-state index contributed by atoms with van der Waals surface area (Å²) in [5.41, 5.74) is 0.860. The van der Waals surface area contributed by atoms with Crippen LogP contribution in [-0.2, 0) is 9.53 Å². The molecule has 0 saturated heterocycles. The van der Waals surface area contributed by atoms with E-state index in [1.54, 1.807) is 17.5 Å². The largest absolute Gasteiger partial charge is 0.474 e. The second-order valence-electron chi connectivity index (χ2n) is 8.18. The molecule has 1 N–H and O–H groups in total. The molecule has 0 spiro atoms. The van der Waals surface area contributed by atoms with Gasteiger partial charge in [-0.2, -0.15) is 0 Å². The van der Waals surface area contributed by atoms with Crippen LogP contribution in [-0.4, -0.2) is 47.3 Å². The zero-order valence-corrected chi connectivity index (χ0v) is 17.9. The van der Waals surface area contributed by atoms with Gasteiger partial charge in [-0.1, -0.05) is 11.3 Å². The summed E-state index contributed by atoms with van der Waals surface area (Å²) in [4.78, 5) is 20.0. The van der Waals surface area contributed by atoms with Gasteiger partial charge in [-0.3, -0.25) is 4.79 Å². The first-order valence-electron chi connectivity index (χ1n) is 10.5. The number of ether oxygens (including phenoxy) is 3. The number of hydrogen-bond acceptors (Lipinski definition) is 7. The summed E-state index contributed by atoms with van der Waals surface area (Å²) in [7, 11) is 0. The van der Waals surface area contributed by atoms with Crippen molar-refractivity contribution in [2.45, 2.75) is 70.6 Å². The van der Waals surface area contributed by atoms with E-state index in [-0.39, 0.29) is 24.2 Å². The first kappa shape index (κ1) is 20.3. The minimum Gasteiger partial charge on any atom is -0.474 e. The lowest BCUT2D eigenvalue weighted by Crippen LogP contribution is -2.36. The zero-order chi connectivity index (χ0) is 20.2. The van der Waals surface area contributed by atoms with Crippen LogP contribution in [0.3, 0.4) is 0 Å². The Kier molecular flexibility index (Phi) is 6.50. The second-order valence-corrected chi connectivity index (χ2v) is 9.17. The number of carbonyl (C=O) groups excluding carboxylic acids is 1. The number of thiazole rings is 1. The highest BCUT2D eigenvalue weighted by Gasteiger charge is 2.25. The fraction of sp³-hybridized carbons (Fsp3) is 0.667. The number of rotatable bonds is 9. The predicted octanol–water partition coefficient (Wildman–Crippen LogP) is 3.71. The van der Waals surface area contributed by atoms with E-state index in [4.69, 9.17) is 14.2 Å². The Morgan fingerprint density at radius 3 is 2.72 bits per heavy atom. The molecule has 0 radical (unpaired) electrons. The van der Waals surface area contributed by atoms with Crippen molar-refractivity contribution < 1.29 is 19.0 Å². The van der Waals surface area contributed by atoms with Gasteiger partial charge in [0.1, 0.15) is 11.6 Å².